The van der Waals surface area contributed by atoms with E-state index in [1.54, 1.807) is 0 Å². The lowest BCUT2D eigenvalue weighted by atomic mass is 9.78. The zero-order chi connectivity index (χ0) is 16.4. The fourth-order valence-corrected chi connectivity index (χ4v) is 2.91. The fourth-order valence-electron chi connectivity index (χ4n) is 2.91. The highest BCUT2D eigenvalue weighted by molar-refractivity contribution is 5.85. The van der Waals surface area contributed by atoms with Gasteiger partial charge in [-0.05, 0) is 33.1 Å². The molecular weight excluding hydrogens is 363 g/mol. The predicted octanol–water partition coefficient (Wildman–Crippen LogP) is 1.82. The number of aromatic nitrogens is 5. The van der Waals surface area contributed by atoms with Crippen LogP contribution in [0.25, 0.3) is 0 Å². The van der Waals surface area contributed by atoms with E-state index in [0.717, 1.165) is 55.5 Å². The summed E-state index contributed by atoms with van der Waals surface area (Å²) in [5.74, 6) is 3.25. The van der Waals surface area contributed by atoms with Gasteiger partial charge in [0.2, 0.25) is 5.95 Å². The topological polar surface area (TPSA) is 121 Å². The Balaban J connectivity index is 0.00000156. The van der Waals surface area contributed by atoms with Crippen LogP contribution in [0.4, 0.5) is 11.8 Å². The van der Waals surface area contributed by atoms with Gasteiger partial charge in [0.25, 0.3) is 0 Å². The van der Waals surface area contributed by atoms with Crippen LogP contribution in [0.2, 0.25) is 0 Å². The minimum Gasteiger partial charge on any atom is -0.370 e. The third kappa shape index (κ3) is 5.42. The number of nitrogen functional groups attached to an aromatic ring is 1. The molecule has 1 fully saturated rings. The Kier molecular flexibility index (Phi) is 7.85. The lowest BCUT2D eigenvalue weighted by Crippen LogP contribution is -2.35. The van der Waals surface area contributed by atoms with E-state index in [0.29, 0.717) is 17.9 Å². The summed E-state index contributed by atoms with van der Waals surface area (Å²) in [6.07, 6.45) is 2.87. The Hall–Kier alpha value is -1.64. The highest BCUT2D eigenvalue weighted by Crippen LogP contribution is 2.35. The van der Waals surface area contributed by atoms with Crippen LogP contribution in [0.1, 0.15) is 42.5 Å². The van der Waals surface area contributed by atoms with Gasteiger partial charge in [0.05, 0.1) is 5.69 Å². The first-order chi connectivity index (χ1) is 11.0. The summed E-state index contributed by atoms with van der Waals surface area (Å²) in [5.41, 5.74) is 12.6. The Morgan fingerprint density at radius 2 is 1.92 bits per heavy atom. The number of nitrogens with zero attached hydrogens (tertiary/aromatic N) is 5. The van der Waals surface area contributed by atoms with Crippen molar-refractivity contribution in [1.82, 2.24) is 24.7 Å². The minimum absolute atomic E-state index is 0. The Morgan fingerprint density at radius 3 is 2.52 bits per heavy atom. The molecule has 0 radical (unpaired) electrons. The molecule has 0 bridgehead atoms. The van der Waals surface area contributed by atoms with Crippen LogP contribution in [0.5, 0.6) is 0 Å². The first-order valence-corrected chi connectivity index (χ1v) is 8.03. The molecule has 3 rings (SSSR count). The normalized spacial score (nSPS) is 18.7. The van der Waals surface area contributed by atoms with Gasteiger partial charge < -0.3 is 16.8 Å². The van der Waals surface area contributed by atoms with E-state index >= 15 is 0 Å². The van der Waals surface area contributed by atoms with E-state index in [4.69, 9.17) is 11.5 Å². The second-order valence-corrected chi connectivity index (χ2v) is 6.17. The smallest absolute Gasteiger partial charge is 0.222 e. The van der Waals surface area contributed by atoms with Crippen molar-refractivity contribution >= 4 is 36.6 Å². The number of aryl methyl sites for hydroxylation is 3. The zero-order valence-electron chi connectivity index (χ0n) is 14.5. The van der Waals surface area contributed by atoms with E-state index in [-0.39, 0.29) is 24.8 Å². The highest BCUT2D eigenvalue weighted by Gasteiger charge is 2.29. The quantitative estimate of drug-likeness (QED) is 0.645. The maximum absolute atomic E-state index is 5.85. The first-order valence-electron chi connectivity index (χ1n) is 8.03. The molecule has 2 aromatic heterocycles. The van der Waals surface area contributed by atoms with E-state index in [9.17, 15) is 0 Å². The van der Waals surface area contributed by atoms with Gasteiger partial charge in [-0.1, -0.05) is 0 Å². The number of nitrogens with one attached hydrogen (secondary N) is 1. The second kappa shape index (κ2) is 9.17. The van der Waals surface area contributed by atoms with E-state index in [1.807, 2.05) is 24.6 Å². The van der Waals surface area contributed by atoms with Crippen LogP contribution >= 0.6 is 24.8 Å². The summed E-state index contributed by atoms with van der Waals surface area (Å²) in [6.45, 7) is 5.48. The molecular formula is C15H26Cl2N8. The number of anilines is 2. The summed E-state index contributed by atoms with van der Waals surface area (Å²) in [5, 5.41) is 7.67. The zero-order valence-corrected chi connectivity index (χ0v) is 16.1. The predicted molar refractivity (Wildman–Crippen MR) is 103 cm³/mol. The molecule has 2 aromatic rings. The largest absolute Gasteiger partial charge is 0.370 e. The second-order valence-electron chi connectivity index (χ2n) is 6.17. The first kappa shape index (κ1) is 21.4. The molecule has 8 nitrogen and oxygen atoms in total. The monoisotopic (exact) mass is 388 g/mol. The number of halogens is 2. The van der Waals surface area contributed by atoms with E-state index < -0.39 is 0 Å². The van der Waals surface area contributed by atoms with Crippen LogP contribution in [-0.4, -0.2) is 37.3 Å². The van der Waals surface area contributed by atoms with Crippen molar-refractivity contribution in [2.45, 2.75) is 51.6 Å². The van der Waals surface area contributed by atoms with Crippen molar-refractivity contribution in [3.8, 4) is 0 Å². The van der Waals surface area contributed by atoms with Crippen molar-refractivity contribution in [2.24, 2.45) is 5.73 Å². The summed E-state index contributed by atoms with van der Waals surface area (Å²) >= 11 is 0. The van der Waals surface area contributed by atoms with Crippen molar-refractivity contribution in [3.63, 3.8) is 0 Å². The van der Waals surface area contributed by atoms with Gasteiger partial charge in [-0.25, -0.2) is 9.97 Å². The molecule has 0 unspecified atom stereocenters. The highest BCUT2D eigenvalue weighted by atomic mass is 35.5. The molecule has 1 aliphatic rings. The number of nitrogens with two attached hydrogens (primary N) is 2. The molecule has 0 atom stereocenters. The third-order valence-corrected chi connectivity index (χ3v) is 4.17. The van der Waals surface area contributed by atoms with Gasteiger partial charge in [-0.2, -0.15) is 10.1 Å². The van der Waals surface area contributed by atoms with Crippen molar-refractivity contribution in [3.05, 3.63) is 23.4 Å². The van der Waals surface area contributed by atoms with E-state index in [2.05, 4.69) is 25.4 Å². The lowest BCUT2D eigenvalue weighted by molar-refractivity contribution is 0.345. The molecule has 10 heteroatoms. The van der Waals surface area contributed by atoms with Crippen LogP contribution in [0.3, 0.4) is 0 Å². The number of hydrogen-bond donors (Lipinski definition) is 3. The maximum Gasteiger partial charge on any atom is 0.222 e. The van der Waals surface area contributed by atoms with Crippen LogP contribution in [0.15, 0.2) is 6.07 Å². The van der Waals surface area contributed by atoms with Crippen LogP contribution in [0, 0.1) is 13.8 Å². The Morgan fingerprint density at radius 1 is 1.20 bits per heavy atom. The number of hydrogen-bond acceptors (Lipinski definition) is 7. The molecule has 0 aromatic carbocycles. The molecule has 0 spiro atoms. The van der Waals surface area contributed by atoms with Gasteiger partial charge in [0.1, 0.15) is 17.5 Å². The lowest BCUT2D eigenvalue weighted by Gasteiger charge is -2.32. The van der Waals surface area contributed by atoms with Crippen molar-refractivity contribution < 1.29 is 0 Å². The molecule has 140 valence electrons. The average Bonchev–Trinajstić information content (AvgIpc) is 2.78. The molecule has 5 N–H and O–H groups in total. The van der Waals surface area contributed by atoms with Crippen molar-refractivity contribution in [1.29, 1.82) is 0 Å². The molecule has 25 heavy (non-hydrogen) atoms. The molecule has 0 amide bonds. The summed E-state index contributed by atoms with van der Waals surface area (Å²) in [6, 6.07) is 2.28. The average molecular weight is 389 g/mol. The fraction of sp³-hybridized carbons (Fsp3) is 0.600. The minimum atomic E-state index is 0. The standard InChI is InChI=1S/C15H24N8.2ClH/c1-9-19-10(2)23(22-9)5-3-4-18-14-8-13(20-15(17)21-14)11-6-12(16)7-11;;/h8,11-12H,3-7,16H2,1-2H3,(H3,17,18,20,21);2*1H. The summed E-state index contributed by atoms with van der Waals surface area (Å²) in [4.78, 5) is 12.9. The SMILES string of the molecule is Cc1nc(C)n(CCCNc2cc(C3CC(N)C3)nc(N)n2)n1.Cl.Cl. The Labute approximate surface area is 160 Å². The van der Waals surface area contributed by atoms with Gasteiger partial charge in [0, 0.05) is 31.1 Å². The maximum atomic E-state index is 5.85. The molecule has 2 heterocycles. The Bertz CT molecular complexity index is 684. The van der Waals surface area contributed by atoms with E-state index in [1.165, 1.54) is 0 Å². The molecule has 0 saturated heterocycles. The molecule has 1 aliphatic carbocycles. The third-order valence-electron chi connectivity index (χ3n) is 4.17. The van der Waals surface area contributed by atoms with Crippen LogP contribution < -0.4 is 16.8 Å². The van der Waals surface area contributed by atoms with Crippen LogP contribution in [-0.2, 0) is 6.54 Å². The van der Waals surface area contributed by atoms with Gasteiger partial charge in [-0.15, -0.1) is 24.8 Å². The summed E-state index contributed by atoms with van der Waals surface area (Å²) in [7, 11) is 0. The van der Waals surface area contributed by atoms with Gasteiger partial charge in [-0.3, -0.25) is 4.68 Å². The molecule has 1 saturated carbocycles. The van der Waals surface area contributed by atoms with Gasteiger partial charge >= 0.3 is 0 Å². The summed E-state index contributed by atoms with van der Waals surface area (Å²) < 4.78 is 1.92. The van der Waals surface area contributed by atoms with Crippen molar-refractivity contribution in [2.75, 3.05) is 17.6 Å². The molecule has 0 aliphatic heterocycles. The van der Waals surface area contributed by atoms with Gasteiger partial charge in [0.15, 0.2) is 0 Å². The number of rotatable bonds is 6.